The summed E-state index contributed by atoms with van der Waals surface area (Å²) in [6.07, 6.45) is 2.69. The number of rotatable bonds is 4. The first-order valence-corrected chi connectivity index (χ1v) is 9.43. The van der Waals surface area contributed by atoms with E-state index in [-0.39, 0.29) is 5.91 Å². The number of hydrogen-bond donors (Lipinski definition) is 0. The molecule has 3 rings (SSSR count). The van der Waals surface area contributed by atoms with Gasteiger partial charge < -0.3 is 9.32 Å². The second-order valence-corrected chi connectivity index (χ2v) is 7.77. The monoisotopic (exact) mass is 333 g/mol. The minimum absolute atomic E-state index is 0.179. The minimum atomic E-state index is 0.179. The van der Waals surface area contributed by atoms with Crippen LogP contribution in [0.25, 0.3) is 0 Å². The number of carbonyl (C=O) groups is 1. The fraction of sp³-hybridized carbons (Fsp3) is 0.353. The molecule has 1 unspecified atom stereocenters. The number of fused-ring (bicyclic) bond motifs is 1. The number of hydrogen-bond acceptors (Lipinski definition) is 4. The zero-order chi connectivity index (χ0) is 15.4. The number of anilines is 1. The van der Waals surface area contributed by atoms with E-state index in [1.807, 2.05) is 40.9 Å². The van der Waals surface area contributed by atoms with Crippen molar-refractivity contribution in [2.45, 2.75) is 29.2 Å². The van der Waals surface area contributed by atoms with Gasteiger partial charge in [0, 0.05) is 16.7 Å². The number of nitrogens with zero attached hydrogens (tertiary/aromatic N) is 1. The van der Waals surface area contributed by atoms with E-state index in [1.165, 1.54) is 4.90 Å². The van der Waals surface area contributed by atoms with Crippen LogP contribution in [0.5, 0.6) is 0 Å². The van der Waals surface area contributed by atoms with Crippen molar-refractivity contribution in [2.75, 3.05) is 17.2 Å². The first-order chi connectivity index (χ1) is 10.7. The molecule has 5 heteroatoms. The number of para-hydroxylation sites is 1. The molecule has 0 aliphatic carbocycles. The Bertz CT molecular complexity index is 627. The highest BCUT2D eigenvalue weighted by Crippen LogP contribution is 2.37. The highest BCUT2D eigenvalue weighted by molar-refractivity contribution is 8.00. The minimum Gasteiger partial charge on any atom is -0.468 e. The van der Waals surface area contributed by atoms with Gasteiger partial charge in [0.15, 0.2) is 0 Å². The summed E-state index contributed by atoms with van der Waals surface area (Å²) in [4.78, 5) is 15.8. The van der Waals surface area contributed by atoms with Gasteiger partial charge in [-0.2, -0.15) is 0 Å². The van der Waals surface area contributed by atoms with Crippen molar-refractivity contribution in [3.05, 3.63) is 48.4 Å². The summed E-state index contributed by atoms with van der Waals surface area (Å²) in [7, 11) is 0. The quantitative estimate of drug-likeness (QED) is 0.829. The molecule has 0 bridgehead atoms. The molecule has 1 aliphatic heterocycles. The average molecular weight is 333 g/mol. The van der Waals surface area contributed by atoms with E-state index < -0.39 is 0 Å². The summed E-state index contributed by atoms with van der Waals surface area (Å²) in [6.45, 7) is 3.02. The van der Waals surface area contributed by atoms with E-state index in [0.717, 1.165) is 30.2 Å². The zero-order valence-corrected chi connectivity index (χ0v) is 14.2. The van der Waals surface area contributed by atoms with Gasteiger partial charge >= 0.3 is 0 Å². The molecule has 1 atom stereocenters. The zero-order valence-electron chi connectivity index (χ0n) is 12.5. The predicted octanol–water partition coefficient (Wildman–Crippen LogP) is 4.43. The van der Waals surface area contributed by atoms with Crippen molar-refractivity contribution < 1.29 is 9.21 Å². The Labute approximate surface area is 139 Å². The maximum atomic E-state index is 12.6. The summed E-state index contributed by atoms with van der Waals surface area (Å²) in [5.41, 5.74) is 1.06. The van der Waals surface area contributed by atoms with Gasteiger partial charge in [-0.1, -0.05) is 19.1 Å². The van der Waals surface area contributed by atoms with Crippen molar-refractivity contribution in [2.24, 2.45) is 0 Å². The van der Waals surface area contributed by atoms with Crippen LogP contribution in [0.15, 0.2) is 52.0 Å². The fourth-order valence-corrected chi connectivity index (χ4v) is 4.37. The summed E-state index contributed by atoms with van der Waals surface area (Å²) in [5.74, 6) is 2.31. The number of furan rings is 1. The highest BCUT2D eigenvalue weighted by atomic mass is 32.2. The van der Waals surface area contributed by atoms with Gasteiger partial charge in [0.2, 0.25) is 5.91 Å². The maximum Gasteiger partial charge on any atom is 0.237 e. The fourth-order valence-electron chi connectivity index (χ4n) is 2.46. The first-order valence-electron chi connectivity index (χ1n) is 7.40. The lowest BCUT2D eigenvalue weighted by atomic mass is 10.2. The summed E-state index contributed by atoms with van der Waals surface area (Å²) >= 11 is 3.46. The molecule has 1 amide bonds. The molecule has 1 aromatic carbocycles. The van der Waals surface area contributed by atoms with E-state index in [1.54, 1.807) is 18.0 Å². The third kappa shape index (κ3) is 3.70. The molecule has 0 spiro atoms. The number of thioether (sulfide) groups is 2. The van der Waals surface area contributed by atoms with Crippen molar-refractivity contribution in [3.8, 4) is 0 Å². The molecule has 0 fully saturated rings. The van der Waals surface area contributed by atoms with E-state index in [9.17, 15) is 4.79 Å². The lowest BCUT2D eigenvalue weighted by Gasteiger charge is -2.22. The molecule has 0 N–H and O–H groups in total. The Kier molecular flexibility index (Phi) is 5.16. The summed E-state index contributed by atoms with van der Waals surface area (Å²) < 4.78 is 5.30. The summed E-state index contributed by atoms with van der Waals surface area (Å²) in [5, 5.41) is 0.537. The van der Waals surface area contributed by atoms with Crippen LogP contribution >= 0.6 is 23.5 Å². The number of carbonyl (C=O) groups excluding carboxylic acids is 1. The van der Waals surface area contributed by atoms with Crippen LogP contribution in [0.3, 0.4) is 0 Å². The third-order valence-corrected chi connectivity index (χ3v) is 5.77. The van der Waals surface area contributed by atoms with Gasteiger partial charge in [-0.05, 0) is 30.7 Å². The molecule has 0 radical (unpaired) electrons. The molecule has 2 heterocycles. The van der Waals surface area contributed by atoms with Crippen LogP contribution in [0, 0.1) is 0 Å². The first kappa shape index (κ1) is 15.6. The molecule has 2 aromatic rings. The molecule has 0 saturated carbocycles. The Balaban J connectivity index is 1.66. The van der Waals surface area contributed by atoms with E-state index in [2.05, 4.69) is 19.1 Å². The van der Waals surface area contributed by atoms with Crippen LogP contribution in [0.4, 0.5) is 5.69 Å². The van der Waals surface area contributed by atoms with Crippen molar-refractivity contribution in [1.29, 1.82) is 0 Å². The lowest BCUT2D eigenvalue weighted by molar-refractivity contribution is -0.116. The number of amides is 1. The Hall–Kier alpha value is -1.33. The largest absolute Gasteiger partial charge is 0.468 e. The van der Waals surface area contributed by atoms with Gasteiger partial charge in [-0.15, -0.1) is 23.5 Å². The molecular weight excluding hydrogens is 314 g/mol. The van der Waals surface area contributed by atoms with Crippen LogP contribution in [0.1, 0.15) is 19.1 Å². The Morgan fingerprint density at radius 1 is 1.36 bits per heavy atom. The van der Waals surface area contributed by atoms with Gasteiger partial charge in [0.1, 0.15) is 5.76 Å². The van der Waals surface area contributed by atoms with Crippen molar-refractivity contribution in [3.63, 3.8) is 0 Å². The van der Waals surface area contributed by atoms with E-state index >= 15 is 0 Å². The van der Waals surface area contributed by atoms with Crippen molar-refractivity contribution >= 4 is 35.1 Å². The molecule has 116 valence electrons. The lowest BCUT2D eigenvalue weighted by Crippen LogP contribution is -2.33. The second kappa shape index (κ2) is 7.29. The van der Waals surface area contributed by atoms with Gasteiger partial charge in [0.05, 0.1) is 23.5 Å². The number of benzene rings is 1. The van der Waals surface area contributed by atoms with Crippen LogP contribution in [-0.2, 0) is 10.5 Å². The summed E-state index contributed by atoms with van der Waals surface area (Å²) in [6, 6.07) is 12.0. The van der Waals surface area contributed by atoms with Crippen LogP contribution < -0.4 is 4.90 Å². The third-order valence-electron chi connectivity index (χ3n) is 3.59. The van der Waals surface area contributed by atoms with Crippen molar-refractivity contribution in [1.82, 2.24) is 0 Å². The Morgan fingerprint density at radius 2 is 2.23 bits per heavy atom. The van der Waals surface area contributed by atoms with E-state index in [0.29, 0.717) is 11.0 Å². The second-order valence-electron chi connectivity index (χ2n) is 5.30. The SMILES string of the molecule is CC1CCN(C(=O)CSCc2ccco2)c2ccccc2S1. The van der Waals surface area contributed by atoms with Crippen LogP contribution in [-0.4, -0.2) is 23.5 Å². The molecule has 22 heavy (non-hydrogen) atoms. The smallest absolute Gasteiger partial charge is 0.237 e. The highest BCUT2D eigenvalue weighted by Gasteiger charge is 2.23. The van der Waals surface area contributed by atoms with Crippen LogP contribution in [0.2, 0.25) is 0 Å². The van der Waals surface area contributed by atoms with Gasteiger partial charge in [-0.25, -0.2) is 0 Å². The maximum absolute atomic E-state index is 12.6. The molecule has 1 aromatic heterocycles. The van der Waals surface area contributed by atoms with Gasteiger partial charge in [0.25, 0.3) is 0 Å². The predicted molar refractivity (Wildman–Crippen MR) is 93.6 cm³/mol. The molecular formula is C17H19NO2S2. The van der Waals surface area contributed by atoms with E-state index in [4.69, 9.17) is 4.42 Å². The molecule has 3 nitrogen and oxygen atoms in total. The average Bonchev–Trinajstić information content (AvgIpc) is 2.96. The molecule has 0 saturated heterocycles. The standard InChI is InChI=1S/C17H19NO2S2/c1-13-8-9-18(15-6-2-3-7-16(15)22-13)17(19)12-21-11-14-5-4-10-20-14/h2-7,10,13H,8-9,11-12H2,1H3. The topological polar surface area (TPSA) is 33.5 Å². The van der Waals surface area contributed by atoms with Gasteiger partial charge in [-0.3, -0.25) is 4.79 Å². The Morgan fingerprint density at radius 3 is 3.05 bits per heavy atom. The molecule has 1 aliphatic rings. The normalized spacial score (nSPS) is 17.9.